The zero-order valence-corrected chi connectivity index (χ0v) is 16.9. The lowest BCUT2D eigenvalue weighted by Gasteiger charge is -2.35. The van der Waals surface area contributed by atoms with Crippen molar-refractivity contribution < 1.29 is 9.53 Å². The average Bonchev–Trinajstić information content (AvgIpc) is 2.73. The van der Waals surface area contributed by atoms with Gasteiger partial charge in [0.15, 0.2) is 0 Å². The number of carbonyl (C=O) groups is 1. The first-order chi connectivity index (χ1) is 13.6. The first-order valence-electron chi connectivity index (χ1n) is 9.86. The molecule has 0 saturated carbocycles. The summed E-state index contributed by atoms with van der Waals surface area (Å²) in [5.41, 5.74) is 1.91. The van der Waals surface area contributed by atoms with E-state index in [2.05, 4.69) is 28.9 Å². The first-order valence-corrected chi connectivity index (χ1v) is 9.86. The summed E-state index contributed by atoms with van der Waals surface area (Å²) in [5.74, 6) is 0.991. The zero-order chi connectivity index (χ0) is 19.8. The van der Waals surface area contributed by atoms with E-state index in [0.717, 1.165) is 56.3 Å². The molecule has 1 aliphatic heterocycles. The van der Waals surface area contributed by atoms with Crippen molar-refractivity contribution in [3.05, 3.63) is 59.9 Å². The number of aromatic nitrogens is 1. The first kappa shape index (κ1) is 20.3. The molecule has 1 amide bonds. The second-order valence-electron chi connectivity index (χ2n) is 7.46. The Morgan fingerprint density at radius 1 is 1.07 bits per heavy atom. The van der Waals surface area contributed by atoms with Gasteiger partial charge in [-0.25, -0.2) is 0 Å². The fourth-order valence-corrected chi connectivity index (χ4v) is 3.19. The lowest BCUT2D eigenvalue weighted by molar-refractivity contribution is -0.132. The molecule has 0 aliphatic carbocycles. The van der Waals surface area contributed by atoms with Gasteiger partial charge in [-0.2, -0.15) is 0 Å². The SMILES string of the molecule is CN(C)CCN1CCN(C(=O)Cc2ccc(OCc3ccccn3)cc2)CC1. The Kier molecular flexibility index (Phi) is 7.39. The van der Waals surface area contributed by atoms with Crippen molar-refractivity contribution in [2.75, 3.05) is 53.4 Å². The predicted molar refractivity (Wildman–Crippen MR) is 110 cm³/mol. The quantitative estimate of drug-likeness (QED) is 0.698. The molecule has 3 rings (SSSR count). The van der Waals surface area contributed by atoms with Gasteiger partial charge in [0.25, 0.3) is 0 Å². The van der Waals surface area contributed by atoms with Crippen LogP contribution in [0, 0.1) is 0 Å². The lowest BCUT2D eigenvalue weighted by atomic mass is 10.1. The molecule has 2 aromatic rings. The van der Waals surface area contributed by atoms with Gasteiger partial charge in [-0.15, -0.1) is 0 Å². The topological polar surface area (TPSA) is 48.9 Å². The summed E-state index contributed by atoms with van der Waals surface area (Å²) in [6, 6.07) is 13.6. The van der Waals surface area contributed by atoms with Crippen molar-refractivity contribution in [3.8, 4) is 5.75 Å². The van der Waals surface area contributed by atoms with Crippen LogP contribution in [0.3, 0.4) is 0 Å². The number of amides is 1. The van der Waals surface area contributed by atoms with Crippen LogP contribution in [0.25, 0.3) is 0 Å². The Morgan fingerprint density at radius 3 is 2.46 bits per heavy atom. The minimum Gasteiger partial charge on any atom is -0.487 e. The predicted octanol–water partition coefficient (Wildman–Crippen LogP) is 1.91. The van der Waals surface area contributed by atoms with Gasteiger partial charge in [-0.1, -0.05) is 18.2 Å². The number of ether oxygens (including phenoxy) is 1. The standard InChI is InChI=1S/C22H30N4O2/c1-24(2)11-12-25-13-15-26(16-14-25)22(27)17-19-6-8-21(9-7-19)28-18-20-5-3-4-10-23-20/h3-10H,11-18H2,1-2H3. The summed E-state index contributed by atoms with van der Waals surface area (Å²) in [7, 11) is 4.18. The highest BCUT2D eigenvalue weighted by Crippen LogP contribution is 2.15. The van der Waals surface area contributed by atoms with Crippen LogP contribution in [-0.2, 0) is 17.8 Å². The number of hydrogen-bond acceptors (Lipinski definition) is 5. The summed E-state index contributed by atoms with van der Waals surface area (Å²) < 4.78 is 5.75. The molecular formula is C22H30N4O2. The van der Waals surface area contributed by atoms with E-state index >= 15 is 0 Å². The van der Waals surface area contributed by atoms with Gasteiger partial charge in [-0.05, 0) is 43.9 Å². The van der Waals surface area contributed by atoms with E-state index < -0.39 is 0 Å². The molecular weight excluding hydrogens is 352 g/mol. The van der Waals surface area contributed by atoms with Crippen LogP contribution in [0.15, 0.2) is 48.7 Å². The molecule has 1 aromatic carbocycles. The fourth-order valence-electron chi connectivity index (χ4n) is 3.19. The van der Waals surface area contributed by atoms with E-state index in [1.54, 1.807) is 6.20 Å². The Morgan fingerprint density at radius 2 is 1.82 bits per heavy atom. The van der Waals surface area contributed by atoms with E-state index in [4.69, 9.17) is 4.74 Å². The number of nitrogens with zero attached hydrogens (tertiary/aromatic N) is 4. The van der Waals surface area contributed by atoms with Crippen LogP contribution in [0.2, 0.25) is 0 Å². The van der Waals surface area contributed by atoms with Crippen LogP contribution in [0.1, 0.15) is 11.3 Å². The minimum atomic E-state index is 0.203. The fraction of sp³-hybridized carbons (Fsp3) is 0.455. The van der Waals surface area contributed by atoms with Crippen LogP contribution in [0.5, 0.6) is 5.75 Å². The van der Waals surface area contributed by atoms with Crippen molar-refractivity contribution in [1.82, 2.24) is 19.7 Å². The summed E-state index contributed by atoms with van der Waals surface area (Å²) in [6.45, 7) is 6.11. The van der Waals surface area contributed by atoms with Gasteiger partial charge < -0.3 is 14.5 Å². The molecule has 0 spiro atoms. The third kappa shape index (κ3) is 6.32. The molecule has 6 nitrogen and oxygen atoms in total. The highest BCUT2D eigenvalue weighted by molar-refractivity contribution is 5.79. The third-order valence-electron chi connectivity index (χ3n) is 4.98. The van der Waals surface area contributed by atoms with E-state index in [-0.39, 0.29) is 5.91 Å². The third-order valence-corrected chi connectivity index (χ3v) is 4.98. The van der Waals surface area contributed by atoms with Gasteiger partial charge in [-0.3, -0.25) is 14.7 Å². The van der Waals surface area contributed by atoms with Crippen LogP contribution in [-0.4, -0.2) is 79.0 Å². The number of benzene rings is 1. The maximum Gasteiger partial charge on any atom is 0.227 e. The highest BCUT2D eigenvalue weighted by Gasteiger charge is 2.20. The molecule has 0 bridgehead atoms. The monoisotopic (exact) mass is 382 g/mol. The molecule has 1 saturated heterocycles. The van der Waals surface area contributed by atoms with E-state index in [1.165, 1.54) is 0 Å². The Labute approximate surface area is 167 Å². The zero-order valence-electron chi connectivity index (χ0n) is 16.9. The number of piperazine rings is 1. The second kappa shape index (κ2) is 10.2. The lowest BCUT2D eigenvalue weighted by Crippen LogP contribution is -2.50. The van der Waals surface area contributed by atoms with Crippen molar-refractivity contribution in [1.29, 1.82) is 0 Å². The molecule has 1 aromatic heterocycles. The van der Waals surface area contributed by atoms with Gasteiger partial charge >= 0.3 is 0 Å². The molecule has 28 heavy (non-hydrogen) atoms. The average molecular weight is 383 g/mol. The summed E-state index contributed by atoms with van der Waals surface area (Å²) in [5, 5.41) is 0. The van der Waals surface area contributed by atoms with E-state index in [9.17, 15) is 4.79 Å². The molecule has 6 heteroatoms. The Hall–Kier alpha value is -2.44. The second-order valence-corrected chi connectivity index (χ2v) is 7.46. The van der Waals surface area contributed by atoms with Gasteiger partial charge in [0.2, 0.25) is 5.91 Å². The van der Waals surface area contributed by atoms with Gasteiger partial charge in [0.1, 0.15) is 12.4 Å². The van der Waals surface area contributed by atoms with E-state index in [0.29, 0.717) is 13.0 Å². The molecule has 0 atom stereocenters. The smallest absolute Gasteiger partial charge is 0.227 e. The van der Waals surface area contributed by atoms with Crippen LogP contribution >= 0.6 is 0 Å². The van der Waals surface area contributed by atoms with E-state index in [1.807, 2.05) is 47.4 Å². The number of rotatable bonds is 8. The number of hydrogen-bond donors (Lipinski definition) is 0. The van der Waals surface area contributed by atoms with Crippen LogP contribution in [0.4, 0.5) is 0 Å². The Balaban J connectivity index is 1.42. The largest absolute Gasteiger partial charge is 0.487 e. The summed E-state index contributed by atoms with van der Waals surface area (Å²) >= 11 is 0. The number of likely N-dealkylation sites (N-methyl/N-ethyl adjacent to an activating group) is 1. The number of carbonyl (C=O) groups excluding carboxylic acids is 1. The maximum atomic E-state index is 12.6. The van der Waals surface area contributed by atoms with Crippen molar-refractivity contribution in [3.63, 3.8) is 0 Å². The molecule has 1 fully saturated rings. The molecule has 0 N–H and O–H groups in total. The van der Waals surface area contributed by atoms with Crippen molar-refractivity contribution in [2.24, 2.45) is 0 Å². The van der Waals surface area contributed by atoms with Gasteiger partial charge in [0.05, 0.1) is 12.1 Å². The van der Waals surface area contributed by atoms with Gasteiger partial charge in [0, 0.05) is 45.5 Å². The highest BCUT2D eigenvalue weighted by atomic mass is 16.5. The molecule has 0 unspecified atom stereocenters. The summed E-state index contributed by atoms with van der Waals surface area (Å²) in [6.07, 6.45) is 2.20. The Bertz CT molecular complexity index is 726. The van der Waals surface area contributed by atoms with Crippen molar-refractivity contribution >= 4 is 5.91 Å². The molecule has 2 heterocycles. The summed E-state index contributed by atoms with van der Waals surface area (Å²) in [4.78, 5) is 23.5. The number of pyridine rings is 1. The van der Waals surface area contributed by atoms with Crippen LogP contribution < -0.4 is 4.74 Å². The molecule has 0 radical (unpaired) electrons. The molecule has 1 aliphatic rings. The van der Waals surface area contributed by atoms with Crippen molar-refractivity contribution in [2.45, 2.75) is 13.0 Å². The normalized spacial score (nSPS) is 15.0. The minimum absolute atomic E-state index is 0.203. The molecule has 150 valence electrons. The maximum absolute atomic E-state index is 12.6.